The molecule has 0 unspecified atom stereocenters. The predicted molar refractivity (Wildman–Crippen MR) is 69.1 cm³/mol. The molecule has 1 aliphatic rings. The summed E-state index contributed by atoms with van der Waals surface area (Å²) in [7, 11) is -2.05. The van der Waals surface area contributed by atoms with Gasteiger partial charge >= 0.3 is 0 Å². The molecule has 1 aliphatic heterocycles. The molecule has 1 N–H and O–H groups in total. The van der Waals surface area contributed by atoms with E-state index in [1.807, 2.05) is 13.8 Å². The van der Waals surface area contributed by atoms with E-state index in [-0.39, 0.29) is 10.0 Å². The zero-order valence-electron chi connectivity index (χ0n) is 10.6. The molecule has 2 heterocycles. The van der Waals surface area contributed by atoms with Crippen molar-refractivity contribution in [1.82, 2.24) is 19.4 Å². The Hall–Kier alpha value is -0.630. The summed E-state index contributed by atoms with van der Waals surface area (Å²) in [4.78, 5) is 0. The molecule has 0 spiro atoms. The monoisotopic (exact) mass is 292 g/mol. The van der Waals surface area contributed by atoms with E-state index < -0.39 is 15.6 Å². The second kappa shape index (κ2) is 4.48. The number of nitrogens with zero attached hydrogens (tertiary/aromatic N) is 3. The molecular weight excluding hydrogens is 276 g/mol. The second-order valence-electron chi connectivity index (χ2n) is 4.99. The average Bonchev–Trinajstić information content (AvgIpc) is 2.57. The lowest BCUT2D eigenvalue weighted by molar-refractivity contribution is 0.185. The van der Waals surface area contributed by atoms with Crippen molar-refractivity contribution in [3.8, 4) is 0 Å². The maximum atomic E-state index is 12.7. The molecule has 1 aromatic rings. The summed E-state index contributed by atoms with van der Waals surface area (Å²) in [6.07, 6.45) is 1.35. The van der Waals surface area contributed by atoms with Crippen LogP contribution in [0.4, 0.5) is 0 Å². The van der Waals surface area contributed by atoms with Crippen LogP contribution in [0.2, 0.25) is 5.02 Å². The van der Waals surface area contributed by atoms with Crippen LogP contribution in [-0.2, 0) is 17.1 Å². The summed E-state index contributed by atoms with van der Waals surface area (Å²) in [5.74, 6) is 0. The van der Waals surface area contributed by atoms with Crippen molar-refractivity contribution in [2.45, 2.75) is 24.4 Å². The van der Waals surface area contributed by atoms with Crippen molar-refractivity contribution in [3.05, 3.63) is 11.2 Å². The molecule has 0 atom stereocenters. The minimum Gasteiger partial charge on any atom is -0.314 e. The summed E-state index contributed by atoms with van der Waals surface area (Å²) in [6, 6.07) is 0. The molecule has 0 aliphatic carbocycles. The molecule has 0 bridgehead atoms. The van der Waals surface area contributed by atoms with Crippen LogP contribution in [0.5, 0.6) is 0 Å². The van der Waals surface area contributed by atoms with E-state index in [2.05, 4.69) is 10.4 Å². The number of rotatable bonds is 2. The van der Waals surface area contributed by atoms with Crippen molar-refractivity contribution in [2.75, 3.05) is 19.6 Å². The molecule has 1 fully saturated rings. The number of hydrogen-bond donors (Lipinski definition) is 1. The van der Waals surface area contributed by atoms with Crippen LogP contribution in [0, 0.1) is 0 Å². The van der Waals surface area contributed by atoms with Gasteiger partial charge in [0.15, 0.2) is 5.03 Å². The summed E-state index contributed by atoms with van der Waals surface area (Å²) in [6.45, 7) is 5.46. The molecule has 0 amide bonds. The first-order chi connectivity index (χ1) is 8.27. The van der Waals surface area contributed by atoms with Crippen LogP contribution >= 0.6 is 11.6 Å². The van der Waals surface area contributed by atoms with Crippen LogP contribution in [0.25, 0.3) is 0 Å². The summed E-state index contributed by atoms with van der Waals surface area (Å²) in [5.41, 5.74) is -0.481. The molecule has 0 radical (unpaired) electrons. The Labute approximate surface area is 112 Å². The SMILES string of the molecule is Cn1ncc(Cl)c1S(=O)(=O)N1CCNCC1(C)C. The fraction of sp³-hybridized carbons (Fsp3) is 0.700. The summed E-state index contributed by atoms with van der Waals surface area (Å²) in [5, 5.41) is 7.29. The van der Waals surface area contributed by atoms with Crippen molar-refractivity contribution < 1.29 is 8.42 Å². The third-order valence-corrected chi connectivity index (χ3v) is 5.72. The van der Waals surface area contributed by atoms with E-state index in [1.54, 1.807) is 7.05 Å². The Balaban J connectivity index is 2.49. The van der Waals surface area contributed by atoms with Gasteiger partial charge < -0.3 is 5.32 Å². The number of piperazine rings is 1. The first kappa shape index (κ1) is 13.8. The lowest BCUT2D eigenvalue weighted by Crippen LogP contribution is -2.59. The van der Waals surface area contributed by atoms with Gasteiger partial charge in [0.05, 0.1) is 11.2 Å². The minimum absolute atomic E-state index is 0.0548. The predicted octanol–water partition coefficient (Wildman–Crippen LogP) is 0.446. The minimum atomic E-state index is -3.63. The number of hydrogen-bond acceptors (Lipinski definition) is 4. The van der Waals surface area contributed by atoms with Crippen molar-refractivity contribution in [3.63, 3.8) is 0 Å². The molecule has 1 saturated heterocycles. The van der Waals surface area contributed by atoms with Crippen molar-refractivity contribution >= 4 is 21.6 Å². The van der Waals surface area contributed by atoms with Crippen LogP contribution in [0.3, 0.4) is 0 Å². The van der Waals surface area contributed by atoms with Gasteiger partial charge in [0.25, 0.3) is 10.0 Å². The molecule has 0 saturated carbocycles. The number of aryl methyl sites for hydroxylation is 1. The number of nitrogens with one attached hydrogen (secondary N) is 1. The van der Waals surface area contributed by atoms with Gasteiger partial charge in [-0.3, -0.25) is 4.68 Å². The molecule has 18 heavy (non-hydrogen) atoms. The highest BCUT2D eigenvalue weighted by Gasteiger charge is 2.41. The van der Waals surface area contributed by atoms with E-state index in [9.17, 15) is 8.42 Å². The highest BCUT2D eigenvalue weighted by Crippen LogP contribution is 2.29. The van der Waals surface area contributed by atoms with Crippen LogP contribution in [0.1, 0.15) is 13.8 Å². The van der Waals surface area contributed by atoms with Crippen LogP contribution < -0.4 is 5.32 Å². The lowest BCUT2D eigenvalue weighted by atomic mass is 10.0. The van der Waals surface area contributed by atoms with E-state index in [4.69, 9.17) is 11.6 Å². The second-order valence-corrected chi connectivity index (χ2v) is 7.17. The Morgan fingerprint density at radius 1 is 1.50 bits per heavy atom. The zero-order chi connectivity index (χ0) is 13.6. The van der Waals surface area contributed by atoms with E-state index in [0.29, 0.717) is 19.6 Å². The Kier molecular flexibility index (Phi) is 3.44. The highest BCUT2D eigenvalue weighted by atomic mass is 35.5. The summed E-state index contributed by atoms with van der Waals surface area (Å²) < 4.78 is 28.1. The Morgan fingerprint density at radius 3 is 2.67 bits per heavy atom. The molecule has 1 aromatic heterocycles. The standard InChI is InChI=1S/C10H17ClN4O2S/c1-10(2)7-12-4-5-15(10)18(16,17)9-8(11)6-13-14(9)3/h6,12H,4-5,7H2,1-3H3. The van der Waals surface area contributed by atoms with Gasteiger partial charge in [-0.25, -0.2) is 8.42 Å². The lowest BCUT2D eigenvalue weighted by Gasteiger charge is -2.41. The van der Waals surface area contributed by atoms with Gasteiger partial charge in [-0.1, -0.05) is 11.6 Å². The molecule has 2 rings (SSSR count). The van der Waals surface area contributed by atoms with Crippen molar-refractivity contribution in [1.29, 1.82) is 0 Å². The first-order valence-electron chi connectivity index (χ1n) is 5.68. The largest absolute Gasteiger partial charge is 0.314 e. The van der Waals surface area contributed by atoms with Gasteiger partial charge in [0.2, 0.25) is 0 Å². The fourth-order valence-corrected chi connectivity index (χ4v) is 4.60. The topological polar surface area (TPSA) is 67.2 Å². The summed E-state index contributed by atoms with van der Waals surface area (Å²) >= 11 is 5.94. The van der Waals surface area contributed by atoms with Crippen LogP contribution in [-0.4, -0.2) is 47.7 Å². The van der Waals surface area contributed by atoms with Gasteiger partial charge in [0.1, 0.15) is 0 Å². The first-order valence-corrected chi connectivity index (χ1v) is 7.50. The molecule has 102 valence electrons. The van der Waals surface area contributed by atoms with E-state index in [0.717, 1.165) is 0 Å². The maximum absolute atomic E-state index is 12.7. The van der Waals surface area contributed by atoms with Gasteiger partial charge in [-0.05, 0) is 13.8 Å². The Bertz CT molecular complexity index is 533. The molecule has 8 heteroatoms. The smallest absolute Gasteiger partial charge is 0.262 e. The van der Waals surface area contributed by atoms with Gasteiger partial charge in [0, 0.05) is 32.2 Å². The maximum Gasteiger partial charge on any atom is 0.262 e. The average molecular weight is 293 g/mol. The number of aromatic nitrogens is 2. The van der Waals surface area contributed by atoms with E-state index >= 15 is 0 Å². The third-order valence-electron chi connectivity index (χ3n) is 3.10. The number of sulfonamides is 1. The zero-order valence-corrected chi connectivity index (χ0v) is 12.2. The van der Waals surface area contributed by atoms with Crippen LogP contribution in [0.15, 0.2) is 11.2 Å². The van der Waals surface area contributed by atoms with E-state index in [1.165, 1.54) is 15.2 Å². The third kappa shape index (κ3) is 2.16. The fourth-order valence-electron chi connectivity index (χ4n) is 2.21. The highest BCUT2D eigenvalue weighted by molar-refractivity contribution is 7.89. The quantitative estimate of drug-likeness (QED) is 0.859. The molecular formula is C10H17ClN4O2S. The number of halogens is 1. The van der Waals surface area contributed by atoms with Gasteiger partial charge in [-0.15, -0.1) is 0 Å². The molecule has 6 nitrogen and oxygen atoms in total. The van der Waals surface area contributed by atoms with Crippen molar-refractivity contribution in [2.24, 2.45) is 7.05 Å². The van der Waals surface area contributed by atoms with Gasteiger partial charge in [-0.2, -0.15) is 9.40 Å². The normalized spacial score (nSPS) is 21.1. The molecule has 0 aromatic carbocycles. The Morgan fingerprint density at radius 2 is 2.17 bits per heavy atom.